The van der Waals surface area contributed by atoms with E-state index in [-0.39, 0.29) is 17.4 Å². The van der Waals surface area contributed by atoms with Crippen molar-refractivity contribution in [3.05, 3.63) is 53.7 Å². The number of aliphatic hydroxyl groups excluding tert-OH is 1. The third-order valence-electron chi connectivity index (χ3n) is 5.45. The van der Waals surface area contributed by atoms with E-state index in [4.69, 9.17) is 0 Å². The Bertz CT molecular complexity index is 745. The highest BCUT2D eigenvalue weighted by Gasteiger charge is 2.35. The van der Waals surface area contributed by atoms with Gasteiger partial charge in [-0.25, -0.2) is 0 Å². The SMILES string of the molecule is Cc1c(C(=O)NCC2(C)CCCCC2O)cccc1-c1ccccn1. The largest absolute Gasteiger partial charge is 0.392 e. The molecule has 1 saturated carbocycles. The van der Waals surface area contributed by atoms with Crippen LogP contribution in [0.25, 0.3) is 11.3 Å². The Morgan fingerprint density at radius 2 is 2.12 bits per heavy atom. The van der Waals surface area contributed by atoms with Crippen LogP contribution in [0, 0.1) is 12.3 Å². The monoisotopic (exact) mass is 338 g/mol. The molecule has 132 valence electrons. The number of hydrogen-bond donors (Lipinski definition) is 2. The Kier molecular flexibility index (Phi) is 5.19. The topological polar surface area (TPSA) is 62.2 Å². The number of amides is 1. The number of hydrogen-bond acceptors (Lipinski definition) is 3. The highest BCUT2D eigenvalue weighted by Crippen LogP contribution is 2.35. The van der Waals surface area contributed by atoms with Crippen molar-refractivity contribution in [2.45, 2.75) is 45.6 Å². The van der Waals surface area contributed by atoms with Gasteiger partial charge in [0.25, 0.3) is 5.91 Å². The van der Waals surface area contributed by atoms with Crippen LogP contribution in [0.3, 0.4) is 0 Å². The molecule has 0 spiro atoms. The quantitative estimate of drug-likeness (QED) is 0.893. The van der Waals surface area contributed by atoms with Crippen LogP contribution < -0.4 is 5.32 Å². The molecule has 0 aliphatic heterocycles. The Balaban J connectivity index is 1.77. The summed E-state index contributed by atoms with van der Waals surface area (Å²) in [5.74, 6) is -0.0886. The number of aromatic nitrogens is 1. The minimum absolute atomic E-state index is 0.0886. The van der Waals surface area contributed by atoms with Crippen LogP contribution in [-0.4, -0.2) is 28.6 Å². The standard InChI is InChI=1S/C21H26N2O2/c1-15-16(18-10-4-6-13-22-18)8-7-9-17(15)20(25)23-14-21(2)12-5-3-11-19(21)24/h4,6-10,13,19,24H,3,5,11-12,14H2,1-2H3,(H,23,25). The number of rotatable bonds is 4. The third kappa shape index (κ3) is 3.74. The molecule has 0 bridgehead atoms. The van der Waals surface area contributed by atoms with Crippen LogP contribution in [0.15, 0.2) is 42.6 Å². The van der Waals surface area contributed by atoms with Crippen LogP contribution in [0.1, 0.15) is 48.5 Å². The molecule has 1 amide bonds. The Morgan fingerprint density at radius 3 is 2.84 bits per heavy atom. The summed E-state index contributed by atoms with van der Waals surface area (Å²) in [6, 6.07) is 11.5. The number of nitrogens with one attached hydrogen (secondary N) is 1. The predicted octanol–water partition coefficient (Wildman–Crippen LogP) is 3.73. The lowest BCUT2D eigenvalue weighted by Crippen LogP contribution is -2.45. The van der Waals surface area contributed by atoms with Crippen molar-refractivity contribution >= 4 is 5.91 Å². The van der Waals surface area contributed by atoms with Gasteiger partial charge in [-0.05, 0) is 43.5 Å². The van der Waals surface area contributed by atoms with Gasteiger partial charge in [0.05, 0.1) is 11.8 Å². The van der Waals surface area contributed by atoms with Crippen molar-refractivity contribution in [3.8, 4) is 11.3 Å². The molecule has 2 atom stereocenters. The zero-order valence-corrected chi connectivity index (χ0v) is 15.0. The van der Waals surface area contributed by atoms with E-state index in [0.717, 1.165) is 42.5 Å². The first-order valence-corrected chi connectivity index (χ1v) is 8.98. The summed E-state index contributed by atoms with van der Waals surface area (Å²) in [5.41, 5.74) is 3.19. The van der Waals surface area contributed by atoms with Crippen molar-refractivity contribution < 1.29 is 9.90 Å². The van der Waals surface area contributed by atoms with Crippen LogP contribution in [0.2, 0.25) is 0 Å². The first kappa shape index (κ1) is 17.6. The maximum atomic E-state index is 12.7. The molecule has 2 unspecified atom stereocenters. The molecule has 4 heteroatoms. The molecule has 2 N–H and O–H groups in total. The molecule has 0 saturated heterocycles. The third-order valence-corrected chi connectivity index (χ3v) is 5.45. The van der Waals surface area contributed by atoms with Crippen LogP contribution >= 0.6 is 0 Å². The van der Waals surface area contributed by atoms with Gasteiger partial charge in [-0.15, -0.1) is 0 Å². The number of aliphatic hydroxyl groups is 1. The minimum Gasteiger partial charge on any atom is -0.392 e. The molecule has 2 aromatic rings. The molecule has 1 aromatic heterocycles. The fourth-order valence-corrected chi connectivity index (χ4v) is 3.65. The number of carbonyl (C=O) groups is 1. The van der Waals surface area contributed by atoms with Gasteiger partial charge in [-0.2, -0.15) is 0 Å². The summed E-state index contributed by atoms with van der Waals surface area (Å²) in [7, 11) is 0. The van der Waals surface area contributed by atoms with E-state index in [1.54, 1.807) is 6.20 Å². The molecule has 1 aliphatic carbocycles. The summed E-state index contributed by atoms with van der Waals surface area (Å²) >= 11 is 0. The molecule has 0 radical (unpaired) electrons. The van der Waals surface area contributed by atoms with E-state index in [2.05, 4.69) is 17.2 Å². The fourth-order valence-electron chi connectivity index (χ4n) is 3.65. The fraction of sp³-hybridized carbons (Fsp3) is 0.429. The predicted molar refractivity (Wildman–Crippen MR) is 99.3 cm³/mol. The zero-order chi connectivity index (χ0) is 17.9. The van der Waals surface area contributed by atoms with Gasteiger partial charge in [0.2, 0.25) is 0 Å². The van der Waals surface area contributed by atoms with E-state index in [9.17, 15) is 9.90 Å². The number of carbonyl (C=O) groups excluding carboxylic acids is 1. The number of nitrogens with zero attached hydrogens (tertiary/aromatic N) is 1. The maximum absolute atomic E-state index is 12.7. The van der Waals surface area contributed by atoms with Gasteiger partial charge in [0, 0.05) is 29.3 Å². The second kappa shape index (κ2) is 7.36. The molecule has 4 nitrogen and oxygen atoms in total. The number of benzene rings is 1. The Hall–Kier alpha value is -2.20. The lowest BCUT2D eigenvalue weighted by Gasteiger charge is -2.38. The maximum Gasteiger partial charge on any atom is 0.251 e. The van der Waals surface area contributed by atoms with Gasteiger partial charge in [-0.3, -0.25) is 9.78 Å². The molecule has 1 fully saturated rings. The van der Waals surface area contributed by atoms with Crippen LogP contribution in [0.4, 0.5) is 0 Å². The molecular weight excluding hydrogens is 312 g/mol. The second-order valence-corrected chi connectivity index (χ2v) is 7.29. The molecule has 3 rings (SSSR count). The summed E-state index contributed by atoms with van der Waals surface area (Å²) in [4.78, 5) is 17.1. The second-order valence-electron chi connectivity index (χ2n) is 7.29. The van der Waals surface area contributed by atoms with E-state index in [1.165, 1.54) is 0 Å². The van der Waals surface area contributed by atoms with Gasteiger partial charge >= 0.3 is 0 Å². The van der Waals surface area contributed by atoms with E-state index in [0.29, 0.717) is 12.1 Å². The van der Waals surface area contributed by atoms with Gasteiger partial charge in [0.15, 0.2) is 0 Å². The Morgan fingerprint density at radius 1 is 1.28 bits per heavy atom. The molecular formula is C21H26N2O2. The molecule has 1 heterocycles. The molecule has 1 aromatic carbocycles. The van der Waals surface area contributed by atoms with E-state index in [1.807, 2.05) is 43.3 Å². The van der Waals surface area contributed by atoms with Gasteiger partial charge < -0.3 is 10.4 Å². The summed E-state index contributed by atoms with van der Waals surface area (Å²) < 4.78 is 0. The lowest BCUT2D eigenvalue weighted by atomic mass is 9.73. The summed E-state index contributed by atoms with van der Waals surface area (Å²) in [5, 5.41) is 13.3. The van der Waals surface area contributed by atoms with Crippen molar-refractivity contribution in [1.82, 2.24) is 10.3 Å². The summed E-state index contributed by atoms with van der Waals surface area (Å²) in [6.07, 6.45) is 5.35. The van der Waals surface area contributed by atoms with Gasteiger partial charge in [-0.1, -0.05) is 38.0 Å². The zero-order valence-electron chi connectivity index (χ0n) is 15.0. The average molecular weight is 338 g/mol. The van der Waals surface area contributed by atoms with Crippen molar-refractivity contribution in [2.24, 2.45) is 5.41 Å². The first-order chi connectivity index (χ1) is 12.0. The van der Waals surface area contributed by atoms with Gasteiger partial charge in [0.1, 0.15) is 0 Å². The van der Waals surface area contributed by atoms with E-state index < -0.39 is 0 Å². The van der Waals surface area contributed by atoms with Crippen LogP contribution in [-0.2, 0) is 0 Å². The minimum atomic E-state index is -0.345. The summed E-state index contributed by atoms with van der Waals surface area (Å²) in [6.45, 7) is 4.52. The number of pyridine rings is 1. The van der Waals surface area contributed by atoms with Crippen LogP contribution in [0.5, 0.6) is 0 Å². The normalized spacial score (nSPS) is 23.2. The average Bonchev–Trinajstić information content (AvgIpc) is 2.63. The lowest BCUT2D eigenvalue weighted by molar-refractivity contribution is 0.00190. The molecule has 1 aliphatic rings. The highest BCUT2D eigenvalue weighted by atomic mass is 16.3. The smallest absolute Gasteiger partial charge is 0.251 e. The first-order valence-electron chi connectivity index (χ1n) is 8.98. The Labute approximate surface area is 149 Å². The van der Waals surface area contributed by atoms with E-state index >= 15 is 0 Å². The highest BCUT2D eigenvalue weighted by molar-refractivity contribution is 5.97. The van der Waals surface area contributed by atoms with Crippen molar-refractivity contribution in [2.75, 3.05) is 6.54 Å². The molecule has 25 heavy (non-hydrogen) atoms. The van der Waals surface area contributed by atoms with Crippen molar-refractivity contribution in [3.63, 3.8) is 0 Å². The van der Waals surface area contributed by atoms with Crippen molar-refractivity contribution in [1.29, 1.82) is 0 Å².